The van der Waals surface area contributed by atoms with E-state index in [-0.39, 0.29) is 29.8 Å². The standard InChI is InChI=1S/C18H28N2O2S/c1-6-15(7-2)20-10-14(9-17(20)21)18(22)19-12(4)16-8-11(3)23-13(16)5/h8,12,14-15H,6-7,9-10H2,1-5H3,(H,19,22). The number of aryl methyl sites for hydroxylation is 2. The van der Waals surface area contributed by atoms with Gasteiger partial charge >= 0.3 is 0 Å². The maximum absolute atomic E-state index is 12.6. The normalized spacial score (nSPS) is 19.5. The van der Waals surface area contributed by atoms with Gasteiger partial charge in [-0.3, -0.25) is 9.59 Å². The zero-order chi connectivity index (χ0) is 17.1. The first-order valence-electron chi connectivity index (χ1n) is 8.54. The highest BCUT2D eigenvalue weighted by Gasteiger charge is 2.37. The zero-order valence-corrected chi connectivity index (χ0v) is 15.6. The summed E-state index contributed by atoms with van der Waals surface area (Å²) in [5.74, 6) is -0.0952. The van der Waals surface area contributed by atoms with Gasteiger partial charge in [-0.05, 0) is 45.2 Å². The molecule has 0 saturated carbocycles. The van der Waals surface area contributed by atoms with Crippen LogP contribution in [0.4, 0.5) is 0 Å². The fourth-order valence-electron chi connectivity index (χ4n) is 3.48. The van der Waals surface area contributed by atoms with Crippen molar-refractivity contribution in [3.63, 3.8) is 0 Å². The van der Waals surface area contributed by atoms with Crippen LogP contribution in [-0.2, 0) is 9.59 Å². The number of nitrogens with zero attached hydrogens (tertiary/aromatic N) is 1. The Morgan fingerprint density at radius 2 is 2.04 bits per heavy atom. The summed E-state index contributed by atoms with van der Waals surface area (Å²) in [5.41, 5.74) is 1.18. The fraction of sp³-hybridized carbons (Fsp3) is 0.667. The molecule has 1 N–H and O–H groups in total. The Hall–Kier alpha value is -1.36. The van der Waals surface area contributed by atoms with Gasteiger partial charge < -0.3 is 10.2 Å². The summed E-state index contributed by atoms with van der Waals surface area (Å²) < 4.78 is 0. The van der Waals surface area contributed by atoms with Crippen molar-refractivity contribution >= 4 is 23.2 Å². The van der Waals surface area contributed by atoms with Crippen molar-refractivity contribution in [3.8, 4) is 0 Å². The fourth-order valence-corrected chi connectivity index (χ4v) is 4.50. The second kappa shape index (κ2) is 7.47. The van der Waals surface area contributed by atoms with Crippen LogP contribution in [0.1, 0.15) is 61.4 Å². The molecule has 1 aromatic heterocycles. The molecule has 2 amide bonds. The number of nitrogens with one attached hydrogen (secondary N) is 1. The van der Waals surface area contributed by atoms with Crippen LogP contribution in [0.25, 0.3) is 0 Å². The summed E-state index contributed by atoms with van der Waals surface area (Å²) in [6.07, 6.45) is 2.23. The second-order valence-corrected chi connectivity index (χ2v) is 7.98. The minimum Gasteiger partial charge on any atom is -0.349 e. The van der Waals surface area contributed by atoms with Gasteiger partial charge in [-0.25, -0.2) is 0 Å². The number of hydrogen-bond acceptors (Lipinski definition) is 3. The van der Waals surface area contributed by atoms with Crippen LogP contribution in [0.5, 0.6) is 0 Å². The summed E-state index contributed by atoms with van der Waals surface area (Å²) in [6, 6.07) is 2.39. The number of rotatable bonds is 6. The quantitative estimate of drug-likeness (QED) is 0.863. The lowest BCUT2D eigenvalue weighted by Crippen LogP contribution is -2.38. The van der Waals surface area contributed by atoms with Crippen molar-refractivity contribution in [1.29, 1.82) is 0 Å². The van der Waals surface area contributed by atoms with Crippen LogP contribution in [0, 0.1) is 19.8 Å². The lowest BCUT2D eigenvalue weighted by atomic mass is 10.1. The monoisotopic (exact) mass is 336 g/mol. The minimum absolute atomic E-state index is 0.00237. The summed E-state index contributed by atoms with van der Waals surface area (Å²) in [5, 5.41) is 3.10. The van der Waals surface area contributed by atoms with Crippen LogP contribution >= 0.6 is 11.3 Å². The topological polar surface area (TPSA) is 49.4 Å². The largest absolute Gasteiger partial charge is 0.349 e. The van der Waals surface area contributed by atoms with Crippen LogP contribution in [0.3, 0.4) is 0 Å². The van der Waals surface area contributed by atoms with Gasteiger partial charge in [-0.2, -0.15) is 0 Å². The van der Waals surface area contributed by atoms with E-state index < -0.39 is 0 Å². The number of carbonyl (C=O) groups is 2. The molecule has 2 atom stereocenters. The van der Waals surface area contributed by atoms with Crippen LogP contribution in [0.15, 0.2) is 6.07 Å². The minimum atomic E-state index is -0.217. The number of hydrogen-bond donors (Lipinski definition) is 1. The molecular weight excluding hydrogens is 308 g/mol. The Morgan fingerprint density at radius 1 is 1.39 bits per heavy atom. The SMILES string of the molecule is CCC(CC)N1CC(C(=O)NC(C)c2cc(C)sc2C)CC1=O. The summed E-state index contributed by atoms with van der Waals surface area (Å²) in [7, 11) is 0. The first-order chi connectivity index (χ1) is 10.9. The molecule has 0 aliphatic carbocycles. The molecule has 128 valence electrons. The third-order valence-electron chi connectivity index (χ3n) is 4.82. The predicted octanol–water partition coefficient (Wildman–Crippen LogP) is 3.58. The molecule has 0 aromatic carbocycles. The number of amides is 2. The molecule has 0 radical (unpaired) electrons. The Morgan fingerprint density at radius 3 is 2.57 bits per heavy atom. The average molecular weight is 337 g/mol. The molecule has 0 spiro atoms. The molecule has 1 aromatic rings. The van der Waals surface area contributed by atoms with E-state index >= 15 is 0 Å². The van der Waals surface area contributed by atoms with Crippen molar-refractivity contribution in [2.24, 2.45) is 5.92 Å². The highest BCUT2D eigenvalue weighted by molar-refractivity contribution is 7.12. The second-order valence-electron chi connectivity index (χ2n) is 6.52. The smallest absolute Gasteiger partial charge is 0.225 e. The van der Waals surface area contributed by atoms with Gasteiger partial charge in [0.05, 0.1) is 12.0 Å². The third kappa shape index (κ3) is 3.94. The summed E-state index contributed by atoms with van der Waals surface area (Å²) in [4.78, 5) is 29.2. The van der Waals surface area contributed by atoms with E-state index in [0.717, 1.165) is 12.8 Å². The number of likely N-dealkylation sites (tertiary alicyclic amines) is 1. The van der Waals surface area contributed by atoms with E-state index in [2.05, 4.69) is 39.1 Å². The van der Waals surface area contributed by atoms with Gasteiger partial charge in [-0.1, -0.05) is 13.8 Å². The molecule has 1 aliphatic rings. The van der Waals surface area contributed by atoms with Crippen molar-refractivity contribution < 1.29 is 9.59 Å². The Balaban J connectivity index is 1.99. The van der Waals surface area contributed by atoms with Gasteiger partial charge in [-0.15, -0.1) is 11.3 Å². The Kier molecular flexibility index (Phi) is 5.84. The van der Waals surface area contributed by atoms with Gasteiger partial charge in [0, 0.05) is 28.8 Å². The zero-order valence-electron chi connectivity index (χ0n) is 14.8. The molecule has 5 heteroatoms. The molecule has 2 unspecified atom stereocenters. The maximum atomic E-state index is 12.6. The van der Waals surface area contributed by atoms with Crippen LogP contribution in [0.2, 0.25) is 0 Å². The molecule has 4 nitrogen and oxygen atoms in total. The Bertz CT molecular complexity index is 578. The summed E-state index contributed by atoms with van der Waals surface area (Å²) >= 11 is 1.75. The summed E-state index contributed by atoms with van der Waals surface area (Å²) in [6.45, 7) is 10.9. The van der Waals surface area contributed by atoms with Crippen LogP contribution < -0.4 is 5.32 Å². The van der Waals surface area contributed by atoms with E-state index in [4.69, 9.17) is 0 Å². The van der Waals surface area contributed by atoms with E-state index in [1.165, 1.54) is 15.3 Å². The highest BCUT2D eigenvalue weighted by Crippen LogP contribution is 2.28. The Labute approximate surface area is 143 Å². The molecule has 1 fully saturated rings. The third-order valence-corrected chi connectivity index (χ3v) is 5.80. The van der Waals surface area contributed by atoms with E-state index in [1.807, 2.05) is 11.8 Å². The average Bonchev–Trinajstić information content (AvgIpc) is 3.03. The molecule has 2 heterocycles. The molecule has 1 aliphatic heterocycles. The van der Waals surface area contributed by atoms with E-state index in [9.17, 15) is 9.59 Å². The van der Waals surface area contributed by atoms with Gasteiger partial charge in [0.25, 0.3) is 0 Å². The van der Waals surface area contributed by atoms with Crippen molar-refractivity contribution in [2.45, 2.75) is 66.0 Å². The lowest BCUT2D eigenvalue weighted by molar-refractivity contribution is -0.130. The van der Waals surface area contributed by atoms with Crippen molar-refractivity contribution in [2.75, 3.05) is 6.54 Å². The maximum Gasteiger partial charge on any atom is 0.225 e. The predicted molar refractivity (Wildman–Crippen MR) is 94.5 cm³/mol. The molecule has 23 heavy (non-hydrogen) atoms. The van der Waals surface area contributed by atoms with Gasteiger partial charge in [0.1, 0.15) is 0 Å². The first-order valence-corrected chi connectivity index (χ1v) is 9.35. The molecular formula is C18H28N2O2S. The van der Waals surface area contributed by atoms with E-state index in [0.29, 0.717) is 13.0 Å². The van der Waals surface area contributed by atoms with Gasteiger partial charge in [0.15, 0.2) is 0 Å². The van der Waals surface area contributed by atoms with Gasteiger partial charge in [0.2, 0.25) is 11.8 Å². The highest BCUT2D eigenvalue weighted by atomic mass is 32.1. The number of thiophene rings is 1. The molecule has 0 bridgehead atoms. The molecule has 1 saturated heterocycles. The van der Waals surface area contributed by atoms with Crippen molar-refractivity contribution in [1.82, 2.24) is 10.2 Å². The number of carbonyl (C=O) groups excluding carboxylic acids is 2. The lowest BCUT2D eigenvalue weighted by Gasteiger charge is -2.26. The van der Waals surface area contributed by atoms with Crippen LogP contribution in [-0.4, -0.2) is 29.3 Å². The molecule has 2 rings (SSSR count). The van der Waals surface area contributed by atoms with E-state index in [1.54, 1.807) is 11.3 Å². The van der Waals surface area contributed by atoms with Crippen molar-refractivity contribution in [3.05, 3.63) is 21.4 Å². The first kappa shape index (κ1) is 18.0.